The first kappa shape index (κ1) is 13.0. The van der Waals surface area contributed by atoms with Crippen LogP contribution in [0.1, 0.15) is 41.5 Å². The summed E-state index contributed by atoms with van der Waals surface area (Å²) in [5, 5.41) is 8.51. The largest absolute Gasteiger partial charge is 0.283 e. The van der Waals surface area contributed by atoms with Gasteiger partial charge in [-0.15, -0.1) is 10.2 Å². The molecular formula is C19H18N4. The molecular weight excluding hydrogens is 284 g/mol. The molecule has 4 nitrogen and oxygen atoms in total. The lowest BCUT2D eigenvalue weighted by Crippen LogP contribution is -2.13. The zero-order valence-corrected chi connectivity index (χ0v) is 13.2. The van der Waals surface area contributed by atoms with Crippen LogP contribution in [0.2, 0.25) is 0 Å². The average molecular weight is 302 g/mol. The molecule has 0 unspecified atom stereocenters. The lowest BCUT2D eigenvalue weighted by atomic mass is 9.94. The number of hydrogen-bond acceptors (Lipinski definition) is 3. The van der Waals surface area contributed by atoms with Gasteiger partial charge in [0.1, 0.15) is 11.6 Å². The maximum absolute atomic E-state index is 4.36. The van der Waals surface area contributed by atoms with Crippen molar-refractivity contribution in [3.63, 3.8) is 0 Å². The lowest BCUT2D eigenvalue weighted by molar-refractivity contribution is 0.767. The Morgan fingerprint density at radius 3 is 2.87 bits per heavy atom. The van der Waals surface area contributed by atoms with E-state index in [1.54, 1.807) is 0 Å². The molecule has 5 rings (SSSR count). The Morgan fingerprint density at radius 2 is 2.00 bits per heavy atom. The molecule has 2 aliphatic rings. The molecule has 0 atom stereocenters. The monoisotopic (exact) mass is 302 g/mol. The topological polar surface area (TPSA) is 43.6 Å². The predicted octanol–water partition coefficient (Wildman–Crippen LogP) is 3.61. The van der Waals surface area contributed by atoms with Crippen LogP contribution in [0.25, 0.3) is 16.8 Å². The molecule has 0 saturated heterocycles. The van der Waals surface area contributed by atoms with Crippen LogP contribution in [0.3, 0.4) is 0 Å². The number of benzene rings is 1. The zero-order chi connectivity index (χ0) is 15.4. The Balaban J connectivity index is 1.65. The van der Waals surface area contributed by atoms with Gasteiger partial charge in [-0.2, -0.15) is 0 Å². The number of rotatable bonds is 2. The smallest absolute Gasteiger partial charge is 0.137 e. The second-order valence-corrected chi connectivity index (χ2v) is 6.58. The van der Waals surface area contributed by atoms with Gasteiger partial charge in [-0.05, 0) is 67.0 Å². The summed E-state index contributed by atoms with van der Waals surface area (Å²) >= 11 is 0. The van der Waals surface area contributed by atoms with E-state index in [0.29, 0.717) is 0 Å². The molecule has 1 fully saturated rings. The van der Waals surface area contributed by atoms with E-state index in [4.69, 9.17) is 0 Å². The molecule has 1 saturated carbocycles. The van der Waals surface area contributed by atoms with Gasteiger partial charge in [0, 0.05) is 24.4 Å². The van der Waals surface area contributed by atoms with Crippen LogP contribution >= 0.6 is 0 Å². The van der Waals surface area contributed by atoms with Crippen molar-refractivity contribution in [2.45, 2.75) is 38.5 Å². The maximum Gasteiger partial charge on any atom is 0.137 e. The van der Waals surface area contributed by atoms with Gasteiger partial charge in [-0.3, -0.25) is 9.55 Å². The first-order valence-corrected chi connectivity index (χ1v) is 8.30. The van der Waals surface area contributed by atoms with Crippen LogP contribution in [0, 0.1) is 6.92 Å². The summed E-state index contributed by atoms with van der Waals surface area (Å²) in [4.78, 5) is 4.36. The molecule has 0 bridgehead atoms. The van der Waals surface area contributed by atoms with E-state index in [2.05, 4.69) is 44.0 Å². The van der Waals surface area contributed by atoms with Crippen LogP contribution in [-0.4, -0.2) is 19.7 Å². The fraction of sp³-hybridized carbons (Fsp3) is 0.316. The fourth-order valence-electron chi connectivity index (χ4n) is 3.70. The molecule has 4 heteroatoms. The molecule has 114 valence electrons. The maximum atomic E-state index is 4.36. The summed E-state index contributed by atoms with van der Waals surface area (Å²) in [5.74, 6) is 2.77. The molecule has 1 aliphatic heterocycles. The zero-order valence-electron chi connectivity index (χ0n) is 13.2. The summed E-state index contributed by atoms with van der Waals surface area (Å²) in [6.45, 7) is 2.02. The van der Waals surface area contributed by atoms with E-state index in [-0.39, 0.29) is 0 Å². The third-order valence-electron chi connectivity index (χ3n) is 5.01. The quantitative estimate of drug-likeness (QED) is 0.726. The van der Waals surface area contributed by atoms with Crippen LogP contribution in [0.5, 0.6) is 0 Å². The summed E-state index contributed by atoms with van der Waals surface area (Å²) in [5.41, 5.74) is 6.65. The van der Waals surface area contributed by atoms with Crippen LogP contribution in [0.15, 0.2) is 36.7 Å². The van der Waals surface area contributed by atoms with Crippen molar-refractivity contribution in [2.75, 3.05) is 0 Å². The fourth-order valence-corrected chi connectivity index (χ4v) is 3.70. The number of fused-ring (bicyclic) bond motifs is 3. The van der Waals surface area contributed by atoms with Crippen molar-refractivity contribution in [2.24, 2.45) is 0 Å². The molecule has 2 aromatic heterocycles. The van der Waals surface area contributed by atoms with E-state index in [9.17, 15) is 0 Å². The first-order chi connectivity index (χ1) is 11.3. The standard InChI is InChI=1S/C19H18N4/c1-12-21-22-19-7-5-15-10-14(4-6-18(15)23(12)19)17-11-20-9-8-16(17)13-2-3-13/h4,6,8-11,13H,2-3,5,7H2,1H3. The minimum Gasteiger partial charge on any atom is -0.283 e. The molecule has 1 aromatic carbocycles. The van der Waals surface area contributed by atoms with Crippen molar-refractivity contribution < 1.29 is 0 Å². The third-order valence-corrected chi connectivity index (χ3v) is 5.01. The van der Waals surface area contributed by atoms with Gasteiger partial charge in [-0.1, -0.05) is 6.07 Å². The van der Waals surface area contributed by atoms with Crippen LogP contribution in [0.4, 0.5) is 0 Å². The average Bonchev–Trinajstić information content (AvgIpc) is 3.37. The number of aryl methyl sites for hydroxylation is 3. The van der Waals surface area contributed by atoms with Crippen molar-refractivity contribution in [1.82, 2.24) is 19.7 Å². The third kappa shape index (κ3) is 2.01. The van der Waals surface area contributed by atoms with Crippen LogP contribution in [-0.2, 0) is 12.8 Å². The number of nitrogens with zero attached hydrogens (tertiary/aromatic N) is 4. The highest BCUT2D eigenvalue weighted by Crippen LogP contribution is 2.44. The van der Waals surface area contributed by atoms with E-state index < -0.39 is 0 Å². The van der Waals surface area contributed by atoms with E-state index in [1.807, 2.05) is 19.3 Å². The summed E-state index contributed by atoms with van der Waals surface area (Å²) in [6, 6.07) is 8.96. The molecule has 3 aromatic rings. The normalized spacial score (nSPS) is 16.0. The summed E-state index contributed by atoms with van der Waals surface area (Å²) < 4.78 is 2.19. The highest BCUT2D eigenvalue weighted by molar-refractivity contribution is 5.70. The first-order valence-electron chi connectivity index (χ1n) is 8.30. The van der Waals surface area contributed by atoms with E-state index in [1.165, 1.54) is 40.8 Å². The minimum atomic E-state index is 0.732. The van der Waals surface area contributed by atoms with Gasteiger partial charge in [0.05, 0.1) is 5.69 Å². The van der Waals surface area contributed by atoms with Gasteiger partial charge in [-0.25, -0.2) is 0 Å². The second-order valence-electron chi connectivity index (χ2n) is 6.58. The molecule has 0 radical (unpaired) electrons. The second kappa shape index (κ2) is 4.75. The molecule has 0 N–H and O–H groups in total. The molecule has 0 amide bonds. The number of aromatic nitrogens is 4. The van der Waals surface area contributed by atoms with Crippen molar-refractivity contribution >= 4 is 0 Å². The van der Waals surface area contributed by atoms with Crippen molar-refractivity contribution in [3.05, 3.63) is 59.4 Å². The molecule has 23 heavy (non-hydrogen) atoms. The van der Waals surface area contributed by atoms with Crippen LogP contribution < -0.4 is 0 Å². The summed E-state index contributed by atoms with van der Waals surface area (Å²) in [7, 11) is 0. The Bertz CT molecular complexity index is 905. The Morgan fingerprint density at radius 1 is 1.09 bits per heavy atom. The van der Waals surface area contributed by atoms with E-state index >= 15 is 0 Å². The molecule has 1 aliphatic carbocycles. The van der Waals surface area contributed by atoms with E-state index in [0.717, 1.165) is 30.4 Å². The predicted molar refractivity (Wildman–Crippen MR) is 88.7 cm³/mol. The van der Waals surface area contributed by atoms with Gasteiger partial charge in [0.25, 0.3) is 0 Å². The van der Waals surface area contributed by atoms with Gasteiger partial charge in [0.2, 0.25) is 0 Å². The highest BCUT2D eigenvalue weighted by Gasteiger charge is 2.27. The molecule has 0 spiro atoms. The highest BCUT2D eigenvalue weighted by atomic mass is 15.3. The number of hydrogen-bond donors (Lipinski definition) is 0. The Kier molecular flexibility index (Phi) is 2.68. The van der Waals surface area contributed by atoms with Gasteiger partial charge >= 0.3 is 0 Å². The van der Waals surface area contributed by atoms with Gasteiger partial charge in [0.15, 0.2) is 0 Å². The SMILES string of the molecule is Cc1nnc2n1-c1ccc(-c3cnccc3C3CC3)cc1CC2. The van der Waals surface area contributed by atoms with Gasteiger partial charge < -0.3 is 0 Å². The molecule has 3 heterocycles. The lowest BCUT2D eigenvalue weighted by Gasteiger charge is -2.20. The van der Waals surface area contributed by atoms with Crippen molar-refractivity contribution in [3.8, 4) is 16.8 Å². The number of pyridine rings is 1. The van der Waals surface area contributed by atoms with Crippen molar-refractivity contribution in [1.29, 1.82) is 0 Å². The minimum absolute atomic E-state index is 0.732. The Hall–Kier alpha value is -2.49. The summed E-state index contributed by atoms with van der Waals surface area (Å²) in [6.07, 6.45) is 8.55. The Labute approximate surface area is 135 Å².